The van der Waals surface area contributed by atoms with Crippen LogP contribution in [0.25, 0.3) is 0 Å². The summed E-state index contributed by atoms with van der Waals surface area (Å²) in [6.07, 6.45) is 5.97. The van der Waals surface area contributed by atoms with Crippen LogP contribution in [0, 0.1) is 0 Å². The molecular weight excluding hydrogens is 388 g/mol. The van der Waals surface area contributed by atoms with Gasteiger partial charge in [-0.3, -0.25) is 4.79 Å². The average molecular weight is 421 g/mol. The van der Waals surface area contributed by atoms with Gasteiger partial charge in [0.15, 0.2) is 5.96 Å². The standard InChI is InChI=1S/C24H32N6O/c1-2-25-24(28-18-20-11-12-26-22(16-20)29-13-3-4-14-29)27-17-19-7-9-21(10-8-19)30-15-5-6-23(30)31/h7-12,16H,2-6,13-15,17-18H2,1H3,(H2,25,27,28). The number of aromatic nitrogens is 1. The van der Waals surface area contributed by atoms with Gasteiger partial charge in [0.2, 0.25) is 5.91 Å². The molecule has 1 aromatic heterocycles. The van der Waals surface area contributed by atoms with Crippen molar-refractivity contribution < 1.29 is 4.79 Å². The van der Waals surface area contributed by atoms with E-state index in [0.29, 0.717) is 19.5 Å². The molecule has 4 rings (SSSR count). The number of amides is 1. The van der Waals surface area contributed by atoms with E-state index in [4.69, 9.17) is 4.99 Å². The second-order valence-corrected chi connectivity index (χ2v) is 8.08. The summed E-state index contributed by atoms with van der Waals surface area (Å²) >= 11 is 0. The van der Waals surface area contributed by atoms with Crippen molar-refractivity contribution in [3.8, 4) is 0 Å². The number of guanidine groups is 1. The normalized spacial score (nSPS) is 16.8. The minimum absolute atomic E-state index is 0.219. The number of carbonyl (C=O) groups excluding carboxylic acids is 1. The van der Waals surface area contributed by atoms with Crippen molar-refractivity contribution in [2.45, 2.75) is 45.7 Å². The first-order chi connectivity index (χ1) is 15.2. The molecule has 31 heavy (non-hydrogen) atoms. The summed E-state index contributed by atoms with van der Waals surface area (Å²) in [4.78, 5) is 25.4. The lowest BCUT2D eigenvalue weighted by Gasteiger charge is -2.17. The van der Waals surface area contributed by atoms with Crippen molar-refractivity contribution in [2.75, 3.05) is 36.0 Å². The summed E-state index contributed by atoms with van der Waals surface area (Å²) in [5, 5.41) is 6.72. The summed E-state index contributed by atoms with van der Waals surface area (Å²) in [6.45, 7) is 7.16. The van der Waals surface area contributed by atoms with E-state index in [1.54, 1.807) is 0 Å². The number of aliphatic imine (C=N–C) groups is 1. The zero-order valence-corrected chi connectivity index (χ0v) is 18.3. The van der Waals surface area contributed by atoms with Gasteiger partial charge in [0.25, 0.3) is 0 Å². The van der Waals surface area contributed by atoms with Crippen molar-refractivity contribution >= 4 is 23.4 Å². The van der Waals surface area contributed by atoms with Gasteiger partial charge in [-0.15, -0.1) is 0 Å². The summed E-state index contributed by atoms with van der Waals surface area (Å²) in [5.74, 6) is 2.07. The van der Waals surface area contributed by atoms with Gasteiger partial charge in [-0.2, -0.15) is 0 Å². The van der Waals surface area contributed by atoms with Crippen LogP contribution < -0.4 is 20.4 Å². The molecule has 2 aromatic rings. The molecule has 0 unspecified atom stereocenters. The van der Waals surface area contributed by atoms with Crippen LogP contribution in [0.3, 0.4) is 0 Å². The van der Waals surface area contributed by atoms with E-state index < -0.39 is 0 Å². The van der Waals surface area contributed by atoms with E-state index in [1.807, 2.05) is 29.3 Å². The highest BCUT2D eigenvalue weighted by Crippen LogP contribution is 2.21. The summed E-state index contributed by atoms with van der Waals surface area (Å²) in [5.41, 5.74) is 3.30. The molecule has 0 spiro atoms. The molecule has 1 aromatic carbocycles. The lowest BCUT2D eigenvalue weighted by Crippen LogP contribution is -2.36. The second kappa shape index (κ2) is 10.3. The number of nitrogens with zero attached hydrogens (tertiary/aromatic N) is 4. The Bertz CT molecular complexity index is 905. The summed E-state index contributed by atoms with van der Waals surface area (Å²) in [7, 11) is 0. The zero-order chi connectivity index (χ0) is 21.5. The highest BCUT2D eigenvalue weighted by atomic mass is 16.2. The molecule has 0 aliphatic carbocycles. The topological polar surface area (TPSA) is 72.9 Å². The van der Waals surface area contributed by atoms with Gasteiger partial charge < -0.3 is 20.4 Å². The van der Waals surface area contributed by atoms with Crippen LogP contribution in [0.15, 0.2) is 47.6 Å². The molecule has 7 nitrogen and oxygen atoms in total. The van der Waals surface area contributed by atoms with E-state index in [-0.39, 0.29) is 5.91 Å². The first-order valence-corrected chi connectivity index (χ1v) is 11.3. The highest BCUT2D eigenvalue weighted by Gasteiger charge is 2.21. The molecule has 164 valence electrons. The van der Waals surface area contributed by atoms with Gasteiger partial charge in [-0.25, -0.2) is 9.98 Å². The zero-order valence-electron chi connectivity index (χ0n) is 18.3. The molecule has 2 fully saturated rings. The van der Waals surface area contributed by atoms with Crippen molar-refractivity contribution in [1.29, 1.82) is 0 Å². The molecule has 0 radical (unpaired) electrons. The highest BCUT2D eigenvalue weighted by molar-refractivity contribution is 5.95. The van der Waals surface area contributed by atoms with E-state index in [2.05, 4.69) is 45.6 Å². The summed E-state index contributed by atoms with van der Waals surface area (Å²) < 4.78 is 0. The fourth-order valence-electron chi connectivity index (χ4n) is 4.09. The van der Waals surface area contributed by atoms with Gasteiger partial charge in [0, 0.05) is 51.0 Å². The molecule has 0 bridgehead atoms. The smallest absolute Gasteiger partial charge is 0.227 e. The monoisotopic (exact) mass is 420 g/mol. The molecule has 3 heterocycles. The number of rotatable bonds is 7. The fourth-order valence-corrected chi connectivity index (χ4v) is 4.09. The van der Waals surface area contributed by atoms with Gasteiger partial charge in [0.1, 0.15) is 5.82 Å². The maximum atomic E-state index is 11.9. The second-order valence-electron chi connectivity index (χ2n) is 8.08. The predicted octanol–water partition coefficient (Wildman–Crippen LogP) is 3.06. The first-order valence-electron chi connectivity index (χ1n) is 11.3. The van der Waals surface area contributed by atoms with Crippen LogP contribution >= 0.6 is 0 Å². The third-order valence-electron chi connectivity index (χ3n) is 5.79. The molecule has 2 N–H and O–H groups in total. The van der Waals surface area contributed by atoms with E-state index >= 15 is 0 Å². The molecule has 0 saturated carbocycles. The number of nitrogens with one attached hydrogen (secondary N) is 2. The number of pyridine rings is 1. The minimum atomic E-state index is 0.219. The van der Waals surface area contributed by atoms with Crippen LogP contribution in [0.5, 0.6) is 0 Å². The van der Waals surface area contributed by atoms with Gasteiger partial charge >= 0.3 is 0 Å². The average Bonchev–Trinajstić information content (AvgIpc) is 3.48. The third kappa shape index (κ3) is 5.54. The SMILES string of the molecule is CCNC(=NCc1ccnc(N2CCCC2)c1)NCc1ccc(N2CCCC2=O)cc1. The van der Waals surface area contributed by atoms with Crippen LogP contribution in [-0.4, -0.2) is 43.0 Å². The van der Waals surface area contributed by atoms with Crippen molar-refractivity contribution in [1.82, 2.24) is 15.6 Å². The Hall–Kier alpha value is -3.09. The Kier molecular flexibility index (Phi) is 7.02. The lowest BCUT2D eigenvalue weighted by molar-refractivity contribution is -0.117. The number of hydrogen-bond donors (Lipinski definition) is 2. The van der Waals surface area contributed by atoms with Gasteiger partial charge in [-0.05, 0) is 61.6 Å². The van der Waals surface area contributed by atoms with Gasteiger partial charge in [0.05, 0.1) is 6.54 Å². The predicted molar refractivity (Wildman–Crippen MR) is 125 cm³/mol. The van der Waals surface area contributed by atoms with Crippen LogP contribution in [-0.2, 0) is 17.9 Å². The molecule has 7 heteroatoms. The number of carbonyl (C=O) groups is 1. The van der Waals surface area contributed by atoms with E-state index in [0.717, 1.165) is 61.2 Å². The van der Waals surface area contributed by atoms with Crippen molar-refractivity contribution in [2.24, 2.45) is 4.99 Å². The molecule has 2 saturated heterocycles. The van der Waals surface area contributed by atoms with Crippen molar-refractivity contribution in [3.63, 3.8) is 0 Å². The Labute approximate surface area is 184 Å². The Balaban J connectivity index is 1.35. The van der Waals surface area contributed by atoms with Crippen LogP contribution in [0.2, 0.25) is 0 Å². The molecule has 0 atom stereocenters. The number of benzene rings is 1. The third-order valence-corrected chi connectivity index (χ3v) is 5.79. The Morgan fingerprint density at radius 2 is 1.84 bits per heavy atom. The van der Waals surface area contributed by atoms with E-state index in [9.17, 15) is 4.79 Å². The van der Waals surface area contributed by atoms with E-state index in [1.165, 1.54) is 12.8 Å². The number of anilines is 2. The largest absolute Gasteiger partial charge is 0.357 e. The lowest BCUT2D eigenvalue weighted by atomic mass is 10.2. The maximum Gasteiger partial charge on any atom is 0.227 e. The fraction of sp³-hybridized carbons (Fsp3) is 0.458. The quantitative estimate of drug-likeness (QED) is 0.532. The first kappa shape index (κ1) is 21.2. The van der Waals surface area contributed by atoms with Crippen molar-refractivity contribution in [3.05, 3.63) is 53.7 Å². The molecule has 2 aliphatic heterocycles. The Morgan fingerprint density at radius 1 is 1.03 bits per heavy atom. The van der Waals surface area contributed by atoms with Gasteiger partial charge in [-0.1, -0.05) is 12.1 Å². The maximum absolute atomic E-state index is 11.9. The molecule has 1 amide bonds. The molecule has 2 aliphatic rings. The minimum Gasteiger partial charge on any atom is -0.357 e. The molecular formula is C24H32N6O. The summed E-state index contributed by atoms with van der Waals surface area (Å²) in [6, 6.07) is 12.4. The number of hydrogen-bond acceptors (Lipinski definition) is 4. The van der Waals surface area contributed by atoms with Crippen LogP contribution in [0.4, 0.5) is 11.5 Å². The van der Waals surface area contributed by atoms with Crippen LogP contribution in [0.1, 0.15) is 43.7 Å². The Morgan fingerprint density at radius 3 is 2.55 bits per heavy atom.